The first-order chi connectivity index (χ1) is 10.2. The molecule has 0 nitrogen and oxygen atoms in total. The summed E-state index contributed by atoms with van der Waals surface area (Å²) in [5.74, 6) is 2.60. The van der Waals surface area contributed by atoms with E-state index in [0.29, 0.717) is 0 Å². The van der Waals surface area contributed by atoms with Crippen molar-refractivity contribution in [3.63, 3.8) is 0 Å². The van der Waals surface area contributed by atoms with Crippen LogP contribution in [0.5, 0.6) is 0 Å². The Kier molecular flexibility index (Phi) is 24.0. The zero-order valence-electron chi connectivity index (χ0n) is 17.2. The summed E-state index contributed by atoms with van der Waals surface area (Å²) in [6, 6.07) is 10.5. The van der Waals surface area contributed by atoms with Crippen LogP contribution < -0.4 is 0 Å². The second-order valence-electron chi connectivity index (χ2n) is 7.18. The standard InChI is InChI=1S/C8H10.2C5H12.C4H10/c1-2-8-6-4-3-5-7-8;2*1-4-5(2)3;1-4(2)3/h3-7H,2H2,1H3;2*5H,4H2,1-3H3;4H,1-3H3. The van der Waals surface area contributed by atoms with Gasteiger partial charge >= 0.3 is 0 Å². The van der Waals surface area contributed by atoms with E-state index in [1.807, 2.05) is 6.07 Å². The van der Waals surface area contributed by atoms with Crippen molar-refractivity contribution >= 4 is 0 Å². The molecule has 0 heterocycles. The van der Waals surface area contributed by atoms with Gasteiger partial charge < -0.3 is 0 Å². The molecule has 0 fully saturated rings. The van der Waals surface area contributed by atoms with E-state index >= 15 is 0 Å². The molecule has 1 rings (SSSR count). The topological polar surface area (TPSA) is 0 Å². The molecule has 0 spiro atoms. The van der Waals surface area contributed by atoms with Crippen molar-refractivity contribution in [1.29, 1.82) is 0 Å². The molecule has 1 aromatic rings. The highest BCUT2D eigenvalue weighted by Crippen LogP contribution is 1.97. The molecule has 0 radical (unpaired) electrons. The van der Waals surface area contributed by atoms with Crippen LogP contribution in [0.3, 0.4) is 0 Å². The Bertz CT molecular complexity index is 259. The number of hydrogen-bond acceptors (Lipinski definition) is 0. The Labute approximate surface area is 142 Å². The summed E-state index contributed by atoms with van der Waals surface area (Å²) < 4.78 is 0. The normalized spacial score (nSPS) is 9.32. The molecule has 0 atom stereocenters. The Morgan fingerprint density at radius 2 is 0.909 bits per heavy atom. The lowest BCUT2D eigenvalue weighted by atomic mass is 10.2. The van der Waals surface area contributed by atoms with Crippen molar-refractivity contribution < 1.29 is 0 Å². The molecule has 0 saturated carbocycles. The largest absolute Gasteiger partial charge is 0.0651 e. The fourth-order valence-electron chi connectivity index (χ4n) is 0.714. The molecule has 0 aliphatic carbocycles. The fraction of sp³-hybridized carbons (Fsp3) is 0.727. The predicted octanol–water partition coefficient (Wildman–Crippen LogP) is 8.02. The molecule has 0 N–H and O–H groups in total. The molecular weight excluding hydrogens is 264 g/mol. The Hall–Kier alpha value is -0.780. The molecule has 0 aromatic heterocycles. The van der Waals surface area contributed by atoms with Gasteiger partial charge in [-0.25, -0.2) is 0 Å². The van der Waals surface area contributed by atoms with Crippen LogP contribution in [0.2, 0.25) is 0 Å². The van der Waals surface area contributed by atoms with E-state index in [1.54, 1.807) is 0 Å². The molecule has 0 unspecified atom stereocenters. The highest BCUT2D eigenvalue weighted by atomic mass is 13.9. The van der Waals surface area contributed by atoms with Crippen LogP contribution in [0.4, 0.5) is 0 Å². The van der Waals surface area contributed by atoms with Gasteiger partial charge in [-0.15, -0.1) is 0 Å². The summed E-state index contributed by atoms with van der Waals surface area (Å²) >= 11 is 0. The van der Waals surface area contributed by atoms with E-state index in [1.165, 1.54) is 18.4 Å². The average molecular weight is 309 g/mol. The molecule has 0 bridgehead atoms. The molecule has 1 aromatic carbocycles. The van der Waals surface area contributed by atoms with E-state index in [0.717, 1.165) is 24.2 Å². The van der Waals surface area contributed by atoms with Crippen LogP contribution >= 0.6 is 0 Å². The summed E-state index contributed by atoms with van der Waals surface area (Å²) in [5, 5.41) is 0. The van der Waals surface area contributed by atoms with Gasteiger partial charge in [-0.05, 0) is 29.7 Å². The van der Waals surface area contributed by atoms with E-state index in [-0.39, 0.29) is 0 Å². The smallest absolute Gasteiger partial charge is 0.0307 e. The second kappa shape index (κ2) is 20.2. The van der Waals surface area contributed by atoms with Gasteiger partial charge in [0, 0.05) is 0 Å². The molecule has 0 amide bonds. The fourth-order valence-corrected chi connectivity index (χ4v) is 0.714. The third-order valence-corrected chi connectivity index (χ3v) is 2.88. The summed E-state index contributed by atoms with van der Waals surface area (Å²) in [5.41, 5.74) is 1.41. The van der Waals surface area contributed by atoms with Crippen LogP contribution in [0.1, 0.15) is 87.6 Å². The molecule has 0 aliphatic heterocycles. The maximum atomic E-state index is 2.22. The minimum atomic E-state index is 0.833. The van der Waals surface area contributed by atoms with Crippen molar-refractivity contribution in [2.45, 2.75) is 88.5 Å². The molecule has 0 saturated heterocycles. The molecule has 0 aliphatic rings. The Balaban J connectivity index is -0.000000230. The van der Waals surface area contributed by atoms with Crippen LogP contribution in [0.15, 0.2) is 30.3 Å². The molecule has 22 heavy (non-hydrogen) atoms. The first-order valence-electron chi connectivity index (χ1n) is 9.24. The van der Waals surface area contributed by atoms with Gasteiger partial charge in [-0.3, -0.25) is 0 Å². The van der Waals surface area contributed by atoms with Crippen molar-refractivity contribution in [3.05, 3.63) is 35.9 Å². The van der Waals surface area contributed by atoms with Gasteiger partial charge in [0.2, 0.25) is 0 Å². The van der Waals surface area contributed by atoms with Crippen molar-refractivity contribution in [1.82, 2.24) is 0 Å². The summed E-state index contributed by atoms with van der Waals surface area (Å²) in [7, 11) is 0. The van der Waals surface area contributed by atoms with Gasteiger partial charge in [0.05, 0.1) is 0 Å². The quantitative estimate of drug-likeness (QED) is 0.530. The first-order valence-corrected chi connectivity index (χ1v) is 9.24. The lowest BCUT2D eigenvalue weighted by Gasteiger charge is -1.90. The molecule has 0 heteroatoms. The highest BCUT2D eigenvalue weighted by molar-refractivity contribution is 5.13. The SMILES string of the molecule is CC(C)C.CCC(C)C.CCC(C)C.CCc1ccccc1. The van der Waals surface area contributed by atoms with E-state index in [4.69, 9.17) is 0 Å². The highest BCUT2D eigenvalue weighted by Gasteiger charge is 1.81. The minimum absolute atomic E-state index is 0.833. The van der Waals surface area contributed by atoms with Crippen LogP contribution in [0, 0.1) is 17.8 Å². The zero-order chi connectivity index (χ0) is 18.0. The van der Waals surface area contributed by atoms with Crippen LogP contribution in [-0.4, -0.2) is 0 Å². The number of benzene rings is 1. The number of hydrogen-bond donors (Lipinski definition) is 0. The molecule has 132 valence electrons. The summed E-state index contributed by atoms with van der Waals surface area (Å²) in [4.78, 5) is 0. The van der Waals surface area contributed by atoms with Gasteiger partial charge in [-0.1, -0.05) is 112 Å². The minimum Gasteiger partial charge on any atom is -0.0651 e. The maximum Gasteiger partial charge on any atom is -0.0307 e. The zero-order valence-corrected chi connectivity index (χ0v) is 17.2. The second-order valence-corrected chi connectivity index (χ2v) is 7.18. The Morgan fingerprint density at radius 3 is 1.05 bits per heavy atom. The third-order valence-electron chi connectivity index (χ3n) is 2.88. The van der Waals surface area contributed by atoms with E-state index < -0.39 is 0 Å². The molecular formula is C22H44. The summed E-state index contributed by atoms with van der Waals surface area (Å²) in [6.07, 6.45) is 3.75. The number of rotatable bonds is 3. The average Bonchev–Trinajstić information content (AvgIpc) is 2.48. The third kappa shape index (κ3) is 36.5. The first kappa shape index (κ1) is 26.1. The van der Waals surface area contributed by atoms with Gasteiger partial charge in [0.1, 0.15) is 0 Å². The van der Waals surface area contributed by atoms with Gasteiger partial charge in [0.25, 0.3) is 0 Å². The lowest BCUT2D eigenvalue weighted by molar-refractivity contribution is 0.626. The van der Waals surface area contributed by atoms with Crippen molar-refractivity contribution in [2.75, 3.05) is 0 Å². The maximum absolute atomic E-state index is 2.22. The monoisotopic (exact) mass is 308 g/mol. The number of aryl methyl sites for hydroxylation is 1. The van der Waals surface area contributed by atoms with Crippen molar-refractivity contribution in [2.24, 2.45) is 17.8 Å². The van der Waals surface area contributed by atoms with E-state index in [9.17, 15) is 0 Å². The summed E-state index contributed by atoms with van der Waals surface area (Å²) in [6.45, 7) is 21.9. The lowest BCUT2D eigenvalue weighted by Crippen LogP contribution is -1.77. The van der Waals surface area contributed by atoms with Crippen LogP contribution in [-0.2, 0) is 6.42 Å². The van der Waals surface area contributed by atoms with Gasteiger partial charge in [0.15, 0.2) is 0 Å². The predicted molar refractivity (Wildman–Crippen MR) is 107 cm³/mol. The van der Waals surface area contributed by atoms with Gasteiger partial charge in [-0.2, -0.15) is 0 Å². The van der Waals surface area contributed by atoms with Crippen molar-refractivity contribution in [3.8, 4) is 0 Å². The van der Waals surface area contributed by atoms with E-state index in [2.05, 4.69) is 93.5 Å². The Morgan fingerprint density at radius 1 is 0.636 bits per heavy atom. The van der Waals surface area contributed by atoms with Crippen LogP contribution in [0.25, 0.3) is 0 Å².